The second-order valence-corrected chi connectivity index (χ2v) is 5.08. The van der Waals surface area contributed by atoms with E-state index in [-0.39, 0.29) is 12.0 Å². The number of amides is 1. The van der Waals surface area contributed by atoms with Gasteiger partial charge in [-0.2, -0.15) is 0 Å². The van der Waals surface area contributed by atoms with E-state index in [1.54, 1.807) is 29.2 Å². The fraction of sp³-hybridized carbons (Fsp3) is 0.533. The first kappa shape index (κ1) is 14.7. The summed E-state index contributed by atoms with van der Waals surface area (Å²) in [4.78, 5) is 13.7. The quantitative estimate of drug-likeness (QED) is 0.804. The zero-order valence-corrected chi connectivity index (χ0v) is 11.9. The van der Waals surface area contributed by atoms with Crippen LogP contribution in [-0.4, -0.2) is 43.7 Å². The molecule has 2 rings (SSSR count). The second-order valence-electron chi connectivity index (χ2n) is 5.08. The molecule has 1 unspecified atom stereocenters. The molecule has 1 saturated heterocycles. The normalized spacial score (nSPS) is 17.9. The molecule has 1 aliphatic rings. The van der Waals surface area contributed by atoms with Gasteiger partial charge in [0.2, 0.25) is 5.91 Å². The standard InChI is InChI=1S/C15H22N2O3/c1-17(11-14-3-2-9-19-14)15(18)8-10-20-13-6-4-12(16)5-7-13/h4-7,14H,2-3,8-11,16H2,1H3. The maximum absolute atomic E-state index is 11.9. The molecule has 2 N–H and O–H groups in total. The van der Waals surface area contributed by atoms with Gasteiger partial charge in [-0.15, -0.1) is 0 Å². The average molecular weight is 278 g/mol. The highest BCUT2D eigenvalue weighted by atomic mass is 16.5. The molecule has 0 aromatic heterocycles. The van der Waals surface area contributed by atoms with Crippen LogP contribution in [0.3, 0.4) is 0 Å². The molecule has 110 valence electrons. The number of benzene rings is 1. The van der Waals surface area contributed by atoms with Gasteiger partial charge in [-0.25, -0.2) is 0 Å². The Labute approximate surface area is 119 Å². The molecule has 1 aliphatic heterocycles. The SMILES string of the molecule is CN(CC1CCCO1)C(=O)CCOc1ccc(N)cc1. The van der Waals surface area contributed by atoms with Crippen molar-refractivity contribution in [3.63, 3.8) is 0 Å². The molecular weight excluding hydrogens is 256 g/mol. The van der Waals surface area contributed by atoms with E-state index < -0.39 is 0 Å². The third kappa shape index (κ3) is 4.42. The Morgan fingerprint density at radius 3 is 2.85 bits per heavy atom. The summed E-state index contributed by atoms with van der Waals surface area (Å²) in [6.45, 7) is 1.85. The maximum Gasteiger partial charge on any atom is 0.225 e. The van der Waals surface area contributed by atoms with Gasteiger partial charge in [0.25, 0.3) is 0 Å². The minimum Gasteiger partial charge on any atom is -0.493 e. The number of rotatable bonds is 6. The molecule has 1 amide bonds. The van der Waals surface area contributed by atoms with Crippen molar-refractivity contribution in [1.82, 2.24) is 4.90 Å². The van der Waals surface area contributed by atoms with Crippen LogP contribution in [0, 0.1) is 0 Å². The first-order valence-electron chi connectivity index (χ1n) is 6.99. The van der Waals surface area contributed by atoms with Crippen molar-refractivity contribution < 1.29 is 14.3 Å². The Morgan fingerprint density at radius 2 is 2.20 bits per heavy atom. The van der Waals surface area contributed by atoms with Crippen LogP contribution in [0.2, 0.25) is 0 Å². The van der Waals surface area contributed by atoms with E-state index in [1.807, 2.05) is 7.05 Å². The lowest BCUT2D eigenvalue weighted by Gasteiger charge is -2.20. The highest BCUT2D eigenvalue weighted by Crippen LogP contribution is 2.14. The van der Waals surface area contributed by atoms with E-state index in [9.17, 15) is 4.79 Å². The van der Waals surface area contributed by atoms with E-state index in [0.29, 0.717) is 25.3 Å². The van der Waals surface area contributed by atoms with Gasteiger partial charge in [0.1, 0.15) is 5.75 Å². The second kappa shape index (κ2) is 7.14. The number of likely N-dealkylation sites (N-methyl/N-ethyl adjacent to an activating group) is 1. The van der Waals surface area contributed by atoms with Crippen molar-refractivity contribution in [2.75, 3.05) is 32.5 Å². The molecule has 0 spiro atoms. The number of hydrogen-bond donors (Lipinski definition) is 1. The van der Waals surface area contributed by atoms with Gasteiger partial charge in [0, 0.05) is 25.9 Å². The number of ether oxygens (including phenoxy) is 2. The van der Waals surface area contributed by atoms with Gasteiger partial charge in [0.15, 0.2) is 0 Å². The van der Waals surface area contributed by atoms with Crippen LogP contribution >= 0.6 is 0 Å². The predicted molar refractivity (Wildman–Crippen MR) is 77.6 cm³/mol. The molecule has 1 fully saturated rings. The van der Waals surface area contributed by atoms with Crippen LogP contribution in [0.25, 0.3) is 0 Å². The first-order valence-corrected chi connectivity index (χ1v) is 6.99. The monoisotopic (exact) mass is 278 g/mol. The summed E-state index contributed by atoms with van der Waals surface area (Å²) in [7, 11) is 1.81. The lowest BCUT2D eigenvalue weighted by Crippen LogP contribution is -2.34. The lowest BCUT2D eigenvalue weighted by atomic mass is 10.2. The lowest BCUT2D eigenvalue weighted by molar-refractivity contribution is -0.131. The molecule has 0 saturated carbocycles. The number of nitrogen functional groups attached to an aromatic ring is 1. The highest BCUT2D eigenvalue weighted by Gasteiger charge is 2.19. The molecule has 0 radical (unpaired) electrons. The van der Waals surface area contributed by atoms with Crippen LogP contribution in [0.15, 0.2) is 24.3 Å². The molecule has 0 aliphatic carbocycles. The number of carbonyl (C=O) groups is 1. The largest absolute Gasteiger partial charge is 0.493 e. The van der Waals surface area contributed by atoms with E-state index >= 15 is 0 Å². The van der Waals surface area contributed by atoms with Crippen LogP contribution in [0.5, 0.6) is 5.75 Å². The minimum atomic E-state index is 0.0796. The zero-order valence-electron chi connectivity index (χ0n) is 11.9. The Kier molecular flexibility index (Phi) is 5.24. The number of anilines is 1. The van der Waals surface area contributed by atoms with Gasteiger partial charge in [-0.1, -0.05) is 0 Å². The minimum absolute atomic E-state index is 0.0796. The first-order chi connectivity index (χ1) is 9.65. The summed E-state index contributed by atoms with van der Waals surface area (Å²) in [6.07, 6.45) is 2.70. The number of carbonyl (C=O) groups excluding carboxylic acids is 1. The third-order valence-corrected chi connectivity index (χ3v) is 3.39. The fourth-order valence-electron chi connectivity index (χ4n) is 2.21. The summed E-state index contributed by atoms with van der Waals surface area (Å²) in [5, 5.41) is 0. The van der Waals surface area contributed by atoms with Crippen molar-refractivity contribution in [1.29, 1.82) is 0 Å². The van der Waals surface area contributed by atoms with Gasteiger partial charge in [-0.3, -0.25) is 4.79 Å². The average Bonchev–Trinajstić information content (AvgIpc) is 2.93. The van der Waals surface area contributed by atoms with Crippen LogP contribution in [0.1, 0.15) is 19.3 Å². The molecule has 1 aromatic rings. The molecular formula is C15H22N2O3. The van der Waals surface area contributed by atoms with Gasteiger partial charge in [0.05, 0.1) is 19.1 Å². The summed E-state index contributed by atoms with van der Waals surface area (Å²) < 4.78 is 11.0. The van der Waals surface area contributed by atoms with Gasteiger partial charge in [-0.05, 0) is 37.1 Å². The Hall–Kier alpha value is -1.75. The van der Waals surface area contributed by atoms with Crippen molar-refractivity contribution in [2.45, 2.75) is 25.4 Å². The number of nitrogens with two attached hydrogens (primary N) is 1. The van der Waals surface area contributed by atoms with Crippen LogP contribution in [-0.2, 0) is 9.53 Å². The summed E-state index contributed by atoms with van der Waals surface area (Å²) in [6, 6.07) is 7.16. The predicted octanol–water partition coefficient (Wildman–Crippen LogP) is 1.68. The van der Waals surface area contributed by atoms with Crippen LogP contribution < -0.4 is 10.5 Å². The Balaban J connectivity index is 1.67. The third-order valence-electron chi connectivity index (χ3n) is 3.39. The molecule has 1 heterocycles. The molecule has 1 aromatic carbocycles. The Bertz CT molecular complexity index is 427. The summed E-state index contributed by atoms with van der Waals surface area (Å²) in [5.74, 6) is 0.810. The van der Waals surface area contributed by atoms with E-state index in [0.717, 1.165) is 25.2 Å². The molecule has 20 heavy (non-hydrogen) atoms. The molecule has 5 nitrogen and oxygen atoms in total. The summed E-state index contributed by atoms with van der Waals surface area (Å²) in [5.41, 5.74) is 6.29. The van der Waals surface area contributed by atoms with Crippen molar-refractivity contribution in [2.24, 2.45) is 0 Å². The zero-order chi connectivity index (χ0) is 14.4. The molecule has 1 atom stereocenters. The smallest absolute Gasteiger partial charge is 0.225 e. The van der Waals surface area contributed by atoms with Gasteiger partial charge >= 0.3 is 0 Å². The van der Waals surface area contributed by atoms with Crippen molar-refractivity contribution >= 4 is 11.6 Å². The maximum atomic E-state index is 11.9. The van der Waals surface area contributed by atoms with E-state index in [1.165, 1.54) is 0 Å². The van der Waals surface area contributed by atoms with Crippen LogP contribution in [0.4, 0.5) is 5.69 Å². The number of hydrogen-bond acceptors (Lipinski definition) is 4. The van der Waals surface area contributed by atoms with E-state index in [2.05, 4.69) is 0 Å². The van der Waals surface area contributed by atoms with Crippen molar-refractivity contribution in [3.05, 3.63) is 24.3 Å². The van der Waals surface area contributed by atoms with Gasteiger partial charge < -0.3 is 20.1 Å². The molecule has 5 heteroatoms. The van der Waals surface area contributed by atoms with E-state index in [4.69, 9.17) is 15.2 Å². The fourth-order valence-corrected chi connectivity index (χ4v) is 2.21. The number of nitrogens with zero attached hydrogens (tertiary/aromatic N) is 1. The highest BCUT2D eigenvalue weighted by molar-refractivity contribution is 5.76. The molecule has 0 bridgehead atoms. The topological polar surface area (TPSA) is 64.8 Å². The van der Waals surface area contributed by atoms with Crippen molar-refractivity contribution in [3.8, 4) is 5.75 Å². The Morgan fingerprint density at radius 1 is 1.45 bits per heavy atom. The summed E-state index contributed by atoms with van der Waals surface area (Å²) >= 11 is 0.